The van der Waals surface area contributed by atoms with Crippen molar-refractivity contribution in [1.29, 1.82) is 0 Å². The molecule has 39 heavy (non-hydrogen) atoms. The lowest BCUT2D eigenvalue weighted by Gasteiger charge is -2.30. The Morgan fingerprint density at radius 3 is 2.33 bits per heavy atom. The molecule has 0 amide bonds. The first kappa shape index (κ1) is 24.7. The maximum Gasteiger partial charge on any atom is 0.271 e. The zero-order chi connectivity index (χ0) is 27.4. The van der Waals surface area contributed by atoms with Crippen LogP contribution in [0.3, 0.4) is 0 Å². The summed E-state index contributed by atoms with van der Waals surface area (Å²) in [6.07, 6.45) is 2.79. The second-order valence-electron chi connectivity index (χ2n) is 9.07. The number of hydrogen-bond donors (Lipinski definition) is 0. The molecule has 0 spiro atoms. The molecule has 12 heteroatoms. The lowest BCUT2D eigenvalue weighted by Crippen LogP contribution is -2.38. The van der Waals surface area contributed by atoms with Crippen LogP contribution in [-0.2, 0) is 6.42 Å². The van der Waals surface area contributed by atoms with Crippen molar-refractivity contribution in [3.8, 4) is 5.75 Å². The highest BCUT2D eigenvalue weighted by Gasteiger charge is 2.32. The highest BCUT2D eigenvalue weighted by molar-refractivity contribution is 7.07. The van der Waals surface area contributed by atoms with Gasteiger partial charge in [-0.15, -0.1) is 0 Å². The quantitative estimate of drug-likeness (QED) is 0.274. The topological polar surface area (TPSA) is 144 Å². The number of aromatic nitrogens is 1. The van der Waals surface area contributed by atoms with Gasteiger partial charge in [0, 0.05) is 22.7 Å². The molecule has 2 aliphatic rings. The van der Waals surface area contributed by atoms with E-state index in [0.29, 0.717) is 16.2 Å². The molecule has 2 heterocycles. The minimum absolute atomic E-state index is 0.00425. The molecular formula is C27H16ClN4O6S-. The normalized spacial score (nSPS) is 16.2. The van der Waals surface area contributed by atoms with Crippen LogP contribution in [0.15, 0.2) is 76.0 Å². The molecule has 0 saturated heterocycles. The van der Waals surface area contributed by atoms with E-state index in [9.17, 15) is 30.1 Å². The second kappa shape index (κ2) is 9.29. The number of allylic oxidation sites excluding steroid dienone is 1. The van der Waals surface area contributed by atoms with Gasteiger partial charge in [0.15, 0.2) is 4.80 Å². The smallest absolute Gasteiger partial charge is 0.271 e. The fourth-order valence-corrected chi connectivity index (χ4v) is 6.22. The molecule has 1 aromatic heterocycles. The molecule has 0 fully saturated rings. The average Bonchev–Trinajstić information content (AvgIpc) is 3.22. The third-order valence-corrected chi connectivity index (χ3v) is 8.06. The largest absolute Gasteiger partial charge is 0.863 e. The van der Waals surface area contributed by atoms with Gasteiger partial charge in [-0.25, -0.2) is 4.99 Å². The van der Waals surface area contributed by atoms with E-state index >= 15 is 0 Å². The van der Waals surface area contributed by atoms with Gasteiger partial charge >= 0.3 is 0 Å². The van der Waals surface area contributed by atoms with E-state index in [4.69, 9.17) is 16.6 Å². The summed E-state index contributed by atoms with van der Waals surface area (Å²) in [5, 5.41) is 35.5. The molecule has 4 aromatic rings. The van der Waals surface area contributed by atoms with Crippen LogP contribution in [0.2, 0.25) is 5.02 Å². The number of nitrogens with zero attached hydrogens (tertiary/aromatic N) is 4. The highest BCUT2D eigenvalue weighted by Crippen LogP contribution is 2.41. The Kier molecular flexibility index (Phi) is 5.89. The third kappa shape index (κ3) is 4.12. The molecule has 0 unspecified atom stereocenters. The Bertz CT molecular complexity index is 1890. The number of fused-ring (bicyclic) bond motifs is 3. The molecule has 1 aliphatic carbocycles. The first-order chi connectivity index (χ1) is 18.7. The Morgan fingerprint density at radius 2 is 1.67 bits per heavy atom. The monoisotopic (exact) mass is 559 g/mol. The van der Waals surface area contributed by atoms with Crippen molar-refractivity contribution in [3.05, 3.63) is 133 Å². The number of nitro benzene ring substituents is 2. The molecule has 10 nitrogen and oxygen atoms in total. The van der Waals surface area contributed by atoms with Crippen LogP contribution in [0, 0.1) is 20.2 Å². The summed E-state index contributed by atoms with van der Waals surface area (Å²) in [6.45, 7) is 0. The minimum Gasteiger partial charge on any atom is -0.863 e. The minimum atomic E-state index is -1.29. The number of aryl methyl sites for hydroxylation is 1. The molecule has 0 saturated carbocycles. The van der Waals surface area contributed by atoms with Crippen LogP contribution in [0.5, 0.6) is 5.75 Å². The number of rotatable bonds is 4. The van der Waals surface area contributed by atoms with Crippen molar-refractivity contribution in [3.63, 3.8) is 0 Å². The standard InChI is InChI=1S/C27H17ClN4O6S/c28-17-8-5-16(6-9-17)24-19-10-7-15-3-1-2-4-18(15)23(19)29-27-30(24)26(34)22(39-27)13-14-11-20(31(35)36)25(33)21(12-14)32(37)38/h1-6,8-9,11-13,24,33H,7,10H2/p-1/b22-13-/t24-/m0/s1. The van der Waals surface area contributed by atoms with Gasteiger partial charge < -0.3 is 5.11 Å². The van der Waals surface area contributed by atoms with Gasteiger partial charge in [-0.1, -0.05) is 59.3 Å². The van der Waals surface area contributed by atoms with E-state index < -0.39 is 38.6 Å². The molecule has 3 aromatic carbocycles. The number of thiazole rings is 1. The van der Waals surface area contributed by atoms with Crippen LogP contribution in [-0.4, -0.2) is 14.4 Å². The van der Waals surface area contributed by atoms with Gasteiger partial charge in [0.05, 0.1) is 31.9 Å². The van der Waals surface area contributed by atoms with Gasteiger partial charge in [0.1, 0.15) is 0 Å². The van der Waals surface area contributed by atoms with Crippen molar-refractivity contribution in [2.45, 2.75) is 18.9 Å². The van der Waals surface area contributed by atoms with Crippen molar-refractivity contribution >= 4 is 46.1 Å². The van der Waals surface area contributed by atoms with E-state index in [1.807, 2.05) is 30.3 Å². The maximum absolute atomic E-state index is 13.8. The van der Waals surface area contributed by atoms with Crippen LogP contribution in [0.1, 0.15) is 34.7 Å². The van der Waals surface area contributed by atoms with Gasteiger partial charge in [-0.05, 0) is 53.3 Å². The highest BCUT2D eigenvalue weighted by atomic mass is 35.5. The molecule has 0 N–H and O–H groups in total. The summed E-state index contributed by atoms with van der Waals surface area (Å²) in [4.78, 5) is 39.9. The summed E-state index contributed by atoms with van der Waals surface area (Å²) >= 11 is 7.21. The molecule has 1 atom stereocenters. The Balaban J connectivity index is 1.61. The van der Waals surface area contributed by atoms with Crippen molar-refractivity contribution in [2.75, 3.05) is 0 Å². The number of halogens is 1. The fraction of sp³-hybridized carbons (Fsp3) is 0.111. The first-order valence-corrected chi connectivity index (χ1v) is 12.9. The number of benzene rings is 3. The zero-order valence-electron chi connectivity index (χ0n) is 19.9. The van der Waals surface area contributed by atoms with E-state index in [-0.39, 0.29) is 10.1 Å². The van der Waals surface area contributed by atoms with Gasteiger partial charge in [0.2, 0.25) is 0 Å². The molecule has 0 radical (unpaired) electrons. The molecular weight excluding hydrogens is 544 g/mol. The van der Waals surface area contributed by atoms with Crippen LogP contribution in [0.25, 0.3) is 11.8 Å². The fourth-order valence-electron chi connectivity index (χ4n) is 5.09. The van der Waals surface area contributed by atoms with Crippen molar-refractivity contribution in [2.24, 2.45) is 4.99 Å². The lowest BCUT2D eigenvalue weighted by atomic mass is 9.83. The Labute approximate surface area is 228 Å². The average molecular weight is 560 g/mol. The third-order valence-electron chi connectivity index (χ3n) is 6.82. The maximum atomic E-state index is 13.8. The van der Waals surface area contributed by atoms with Crippen LogP contribution >= 0.6 is 22.9 Å². The Morgan fingerprint density at radius 1 is 1.00 bits per heavy atom. The predicted octanol–water partition coefficient (Wildman–Crippen LogP) is 3.86. The van der Waals surface area contributed by atoms with Gasteiger partial charge in [-0.2, -0.15) is 0 Å². The molecule has 6 rings (SSSR count). The van der Waals surface area contributed by atoms with Crippen LogP contribution < -0.4 is 20.0 Å². The SMILES string of the molecule is O=c1/c(=C/c2cc([N+](=O)[O-])c([O-])c([N+](=O)[O-])c2)sc2n1[C@@H](c1ccc(Cl)cc1)C1=C(N=2)c2ccccc2CC1. The van der Waals surface area contributed by atoms with Gasteiger partial charge in [-0.3, -0.25) is 29.6 Å². The predicted molar refractivity (Wildman–Crippen MR) is 143 cm³/mol. The van der Waals surface area contributed by atoms with Crippen molar-refractivity contribution < 1.29 is 15.0 Å². The lowest BCUT2D eigenvalue weighted by molar-refractivity contribution is -0.416. The second-order valence-corrected chi connectivity index (χ2v) is 10.5. The van der Waals surface area contributed by atoms with E-state index in [1.165, 1.54) is 6.08 Å². The van der Waals surface area contributed by atoms with Gasteiger partial charge in [0.25, 0.3) is 16.9 Å². The summed E-state index contributed by atoms with van der Waals surface area (Å²) in [6, 6.07) is 16.6. The van der Waals surface area contributed by atoms with E-state index in [2.05, 4.69) is 6.07 Å². The number of nitro groups is 2. The Hall–Kier alpha value is -4.61. The summed E-state index contributed by atoms with van der Waals surface area (Å²) in [7, 11) is 0. The number of hydrogen-bond acceptors (Lipinski definition) is 8. The molecule has 0 bridgehead atoms. The van der Waals surface area contributed by atoms with E-state index in [0.717, 1.165) is 57.9 Å². The zero-order valence-corrected chi connectivity index (χ0v) is 21.4. The van der Waals surface area contributed by atoms with Crippen LogP contribution in [0.4, 0.5) is 11.4 Å². The van der Waals surface area contributed by atoms with Crippen molar-refractivity contribution in [1.82, 2.24) is 4.57 Å². The molecule has 1 aliphatic heterocycles. The summed E-state index contributed by atoms with van der Waals surface area (Å²) in [5.74, 6) is -1.29. The summed E-state index contributed by atoms with van der Waals surface area (Å²) < 4.78 is 1.75. The molecule has 194 valence electrons. The first-order valence-electron chi connectivity index (χ1n) is 11.8. The summed E-state index contributed by atoms with van der Waals surface area (Å²) in [5.41, 5.74) is 2.50. The van der Waals surface area contributed by atoms with E-state index in [1.54, 1.807) is 16.7 Å².